The first-order chi connectivity index (χ1) is 15.2. The van der Waals surface area contributed by atoms with Crippen molar-refractivity contribution >= 4 is 22.8 Å². The molecule has 0 radical (unpaired) electrons. The lowest BCUT2D eigenvalue weighted by Gasteiger charge is -2.09. The van der Waals surface area contributed by atoms with Gasteiger partial charge in [-0.2, -0.15) is 18.4 Å². The average Bonchev–Trinajstić information content (AvgIpc) is 3.37. The van der Waals surface area contributed by atoms with E-state index in [0.29, 0.717) is 34.5 Å². The Kier molecular flexibility index (Phi) is 4.93. The fraction of sp³-hybridized carbons (Fsp3) is 0.167. The van der Waals surface area contributed by atoms with Crippen molar-refractivity contribution in [1.82, 2.24) is 30.1 Å². The number of nitrogens with zero attached hydrogens (tertiary/aromatic N) is 7. The summed E-state index contributed by atoms with van der Waals surface area (Å²) in [6.07, 6.45) is -2.28. The van der Waals surface area contributed by atoms with Gasteiger partial charge in [0.25, 0.3) is 5.88 Å². The number of anilines is 1. The normalized spacial score (nSPS) is 11.5. The summed E-state index contributed by atoms with van der Waals surface area (Å²) in [7, 11) is 0. The second-order valence-corrected chi connectivity index (χ2v) is 6.52. The van der Waals surface area contributed by atoms with Gasteiger partial charge in [-0.1, -0.05) is 6.07 Å². The standard InChI is InChI=1S/C18H11F3N8O3/c1-8-11(13(23)14-15(25-8)28-32-27-14)4-9-2-3-12(24-6-9)29-7-10(5-22)16(26-29)31-17(30)18(19,20)21/h2-3,6-7H,4,23H2,1H3. The SMILES string of the molecule is Cc1nc2nonc2c(N)c1Cc1ccc(-n2cc(C#N)c(OC(=O)C(F)(F)F)n2)nc1. The molecule has 0 spiro atoms. The number of rotatable bonds is 4. The lowest BCUT2D eigenvalue weighted by molar-refractivity contribution is -0.190. The Morgan fingerprint density at radius 3 is 2.78 bits per heavy atom. The van der Waals surface area contributed by atoms with Crippen LogP contribution in [-0.2, 0) is 11.2 Å². The lowest BCUT2D eigenvalue weighted by Crippen LogP contribution is -2.28. The van der Waals surface area contributed by atoms with Crippen LogP contribution >= 0.6 is 0 Å². The Morgan fingerprint density at radius 1 is 1.34 bits per heavy atom. The fourth-order valence-corrected chi connectivity index (χ4v) is 2.85. The van der Waals surface area contributed by atoms with E-state index in [4.69, 9.17) is 11.0 Å². The van der Waals surface area contributed by atoms with Crippen LogP contribution in [0, 0.1) is 18.3 Å². The molecule has 0 bridgehead atoms. The Bertz CT molecular complexity index is 1370. The van der Waals surface area contributed by atoms with Gasteiger partial charge in [-0.05, 0) is 28.9 Å². The summed E-state index contributed by atoms with van der Waals surface area (Å²) < 4.78 is 47.1. The maximum absolute atomic E-state index is 12.4. The van der Waals surface area contributed by atoms with Gasteiger partial charge in [-0.3, -0.25) is 0 Å². The lowest BCUT2D eigenvalue weighted by atomic mass is 10.0. The predicted octanol–water partition coefficient (Wildman–Crippen LogP) is 2.02. The largest absolute Gasteiger partial charge is 0.491 e. The van der Waals surface area contributed by atoms with E-state index in [-0.39, 0.29) is 11.4 Å². The smallest absolute Gasteiger partial charge is 0.398 e. The van der Waals surface area contributed by atoms with Gasteiger partial charge >= 0.3 is 12.1 Å². The zero-order chi connectivity index (χ0) is 23.0. The highest BCUT2D eigenvalue weighted by atomic mass is 19.4. The van der Waals surface area contributed by atoms with Crippen LogP contribution in [-0.4, -0.2) is 42.2 Å². The molecule has 4 rings (SSSR count). The highest BCUT2D eigenvalue weighted by Crippen LogP contribution is 2.26. The van der Waals surface area contributed by atoms with Crippen molar-refractivity contribution in [3.05, 3.63) is 46.9 Å². The van der Waals surface area contributed by atoms with Gasteiger partial charge in [0.2, 0.25) is 5.65 Å². The number of aryl methyl sites for hydroxylation is 1. The van der Waals surface area contributed by atoms with Gasteiger partial charge in [0, 0.05) is 23.9 Å². The number of carbonyl (C=O) groups excluding carboxylic acids is 1. The molecular weight excluding hydrogens is 433 g/mol. The molecule has 4 aromatic heterocycles. The van der Waals surface area contributed by atoms with Crippen LogP contribution in [0.25, 0.3) is 17.0 Å². The molecule has 0 aliphatic carbocycles. The molecular formula is C18H11F3N8O3. The van der Waals surface area contributed by atoms with Crippen molar-refractivity contribution < 1.29 is 27.3 Å². The number of fused-ring (bicyclic) bond motifs is 1. The highest BCUT2D eigenvalue weighted by molar-refractivity contribution is 5.85. The maximum Gasteiger partial charge on any atom is 0.491 e. The molecule has 0 aliphatic heterocycles. The van der Waals surface area contributed by atoms with Crippen molar-refractivity contribution in [2.75, 3.05) is 5.73 Å². The number of pyridine rings is 2. The summed E-state index contributed by atoms with van der Waals surface area (Å²) in [5.41, 5.74) is 8.88. The van der Waals surface area contributed by atoms with E-state index >= 15 is 0 Å². The molecule has 0 unspecified atom stereocenters. The number of hydrogen-bond donors (Lipinski definition) is 1. The zero-order valence-electron chi connectivity index (χ0n) is 16.1. The summed E-state index contributed by atoms with van der Waals surface area (Å²) in [5.74, 6) is -3.08. The molecule has 0 amide bonds. The molecule has 32 heavy (non-hydrogen) atoms. The van der Waals surface area contributed by atoms with Crippen LogP contribution in [0.1, 0.15) is 22.4 Å². The Balaban J connectivity index is 1.58. The molecule has 11 nitrogen and oxygen atoms in total. The molecule has 4 aromatic rings. The monoisotopic (exact) mass is 444 g/mol. The quantitative estimate of drug-likeness (QED) is 0.461. The van der Waals surface area contributed by atoms with Crippen molar-refractivity contribution in [3.8, 4) is 17.8 Å². The molecule has 0 fully saturated rings. The van der Waals surface area contributed by atoms with Crippen molar-refractivity contribution in [1.29, 1.82) is 5.26 Å². The molecule has 0 aliphatic rings. The minimum absolute atomic E-state index is 0.179. The molecule has 4 heterocycles. The van der Waals surface area contributed by atoms with Crippen molar-refractivity contribution in [2.45, 2.75) is 19.5 Å². The summed E-state index contributed by atoms with van der Waals surface area (Å²) >= 11 is 0. The van der Waals surface area contributed by atoms with E-state index < -0.39 is 18.0 Å². The first-order valence-corrected chi connectivity index (χ1v) is 8.78. The van der Waals surface area contributed by atoms with Crippen LogP contribution in [0.5, 0.6) is 5.88 Å². The first kappa shape index (κ1) is 20.7. The van der Waals surface area contributed by atoms with E-state index in [1.54, 1.807) is 19.1 Å². The van der Waals surface area contributed by atoms with E-state index in [9.17, 15) is 18.0 Å². The topological polar surface area (TPSA) is 159 Å². The second kappa shape index (κ2) is 7.61. The Hall–Kier alpha value is -4.54. The van der Waals surface area contributed by atoms with E-state index in [2.05, 4.69) is 34.7 Å². The minimum atomic E-state index is -5.23. The third kappa shape index (κ3) is 3.78. The number of alkyl halides is 3. The third-order valence-corrected chi connectivity index (χ3v) is 4.41. The molecule has 14 heteroatoms. The minimum Gasteiger partial charge on any atom is -0.398 e. The van der Waals surface area contributed by atoms with E-state index in [1.807, 2.05) is 0 Å². The maximum atomic E-state index is 12.4. The molecule has 162 valence electrons. The van der Waals surface area contributed by atoms with Gasteiger partial charge in [-0.15, -0.1) is 5.10 Å². The van der Waals surface area contributed by atoms with Crippen LogP contribution in [0.2, 0.25) is 0 Å². The van der Waals surface area contributed by atoms with Crippen LogP contribution in [0.4, 0.5) is 18.9 Å². The van der Waals surface area contributed by atoms with Crippen molar-refractivity contribution in [3.63, 3.8) is 0 Å². The molecule has 0 atom stereocenters. The number of esters is 1. The first-order valence-electron chi connectivity index (χ1n) is 8.78. The van der Waals surface area contributed by atoms with Crippen LogP contribution in [0.3, 0.4) is 0 Å². The Morgan fingerprint density at radius 2 is 2.12 bits per heavy atom. The van der Waals surface area contributed by atoms with Crippen molar-refractivity contribution in [2.24, 2.45) is 0 Å². The number of nitrogens with two attached hydrogens (primary N) is 1. The molecule has 0 saturated carbocycles. The second-order valence-electron chi connectivity index (χ2n) is 6.52. The van der Waals surface area contributed by atoms with Gasteiger partial charge < -0.3 is 10.5 Å². The molecule has 0 saturated heterocycles. The summed E-state index contributed by atoms with van der Waals surface area (Å²) in [4.78, 5) is 19.5. The zero-order valence-corrected chi connectivity index (χ0v) is 16.1. The van der Waals surface area contributed by atoms with Gasteiger partial charge in [-0.25, -0.2) is 24.1 Å². The van der Waals surface area contributed by atoms with Gasteiger partial charge in [0.15, 0.2) is 11.3 Å². The number of hydrogen-bond acceptors (Lipinski definition) is 10. The third-order valence-electron chi connectivity index (χ3n) is 4.41. The number of aromatic nitrogens is 6. The number of ether oxygens (including phenoxy) is 1. The summed E-state index contributed by atoms with van der Waals surface area (Å²) in [6, 6.07) is 4.82. The average molecular weight is 444 g/mol. The van der Waals surface area contributed by atoms with Gasteiger partial charge in [0.05, 0.1) is 11.9 Å². The number of carbonyl (C=O) groups is 1. The molecule has 0 aromatic carbocycles. The van der Waals surface area contributed by atoms with Crippen LogP contribution < -0.4 is 10.5 Å². The number of halogens is 3. The molecule has 2 N–H and O–H groups in total. The number of nitriles is 1. The number of nitrogen functional groups attached to an aromatic ring is 1. The summed E-state index contributed by atoms with van der Waals surface area (Å²) in [5, 5.41) is 20.2. The van der Waals surface area contributed by atoms with Crippen LogP contribution in [0.15, 0.2) is 29.2 Å². The van der Waals surface area contributed by atoms with Gasteiger partial charge in [0.1, 0.15) is 11.6 Å². The Labute approximate surface area is 176 Å². The fourth-order valence-electron chi connectivity index (χ4n) is 2.85. The summed E-state index contributed by atoms with van der Waals surface area (Å²) in [6.45, 7) is 1.76. The predicted molar refractivity (Wildman–Crippen MR) is 99.3 cm³/mol. The van der Waals surface area contributed by atoms with E-state index in [0.717, 1.165) is 16.4 Å². The van der Waals surface area contributed by atoms with E-state index in [1.165, 1.54) is 12.3 Å². The highest BCUT2D eigenvalue weighted by Gasteiger charge is 2.42.